The van der Waals surface area contributed by atoms with E-state index in [9.17, 15) is 4.79 Å². The van der Waals surface area contributed by atoms with Crippen LogP contribution in [0.2, 0.25) is 0 Å². The zero-order chi connectivity index (χ0) is 13.8. The van der Waals surface area contributed by atoms with Crippen LogP contribution < -0.4 is 4.74 Å². The Morgan fingerprint density at radius 2 is 1.79 bits per heavy atom. The summed E-state index contributed by atoms with van der Waals surface area (Å²) in [6.07, 6.45) is 0. The Morgan fingerprint density at radius 3 is 2.42 bits per heavy atom. The minimum absolute atomic E-state index is 0.338. The van der Waals surface area contributed by atoms with E-state index < -0.39 is 0 Å². The highest BCUT2D eigenvalue weighted by molar-refractivity contribution is 9.10. The van der Waals surface area contributed by atoms with E-state index in [1.807, 2.05) is 30.3 Å². The quantitative estimate of drug-likeness (QED) is 0.804. The third-order valence-corrected chi connectivity index (χ3v) is 3.39. The van der Waals surface area contributed by atoms with Crippen molar-refractivity contribution in [3.8, 4) is 16.9 Å². The minimum Gasteiger partial charge on any atom is -0.496 e. The summed E-state index contributed by atoms with van der Waals surface area (Å²) in [5, 5.41) is 0. The highest BCUT2D eigenvalue weighted by Crippen LogP contribution is 2.30. The Kier molecular flexibility index (Phi) is 4.22. The molecule has 2 rings (SSSR count). The van der Waals surface area contributed by atoms with Crippen molar-refractivity contribution in [1.82, 2.24) is 0 Å². The number of esters is 1. The van der Waals surface area contributed by atoms with E-state index >= 15 is 0 Å². The molecule has 19 heavy (non-hydrogen) atoms. The molecule has 0 saturated carbocycles. The molecule has 0 N–H and O–H groups in total. The summed E-state index contributed by atoms with van der Waals surface area (Å²) in [6, 6.07) is 13.1. The third-order valence-electron chi connectivity index (χ3n) is 2.77. The Morgan fingerprint density at radius 1 is 1.05 bits per heavy atom. The van der Waals surface area contributed by atoms with Gasteiger partial charge in [-0.1, -0.05) is 18.2 Å². The summed E-state index contributed by atoms with van der Waals surface area (Å²) < 4.78 is 10.8. The van der Waals surface area contributed by atoms with Crippen LogP contribution in [0.1, 0.15) is 10.4 Å². The second kappa shape index (κ2) is 5.89. The monoisotopic (exact) mass is 320 g/mol. The van der Waals surface area contributed by atoms with Crippen LogP contribution in [0.3, 0.4) is 0 Å². The van der Waals surface area contributed by atoms with Gasteiger partial charge in [-0.3, -0.25) is 0 Å². The molecule has 0 aromatic heterocycles. The van der Waals surface area contributed by atoms with Gasteiger partial charge in [0, 0.05) is 0 Å². The topological polar surface area (TPSA) is 35.5 Å². The summed E-state index contributed by atoms with van der Waals surface area (Å²) >= 11 is 3.45. The van der Waals surface area contributed by atoms with Gasteiger partial charge in [0.05, 0.1) is 24.3 Å². The van der Waals surface area contributed by atoms with Gasteiger partial charge in [0.15, 0.2) is 0 Å². The van der Waals surface area contributed by atoms with Gasteiger partial charge in [-0.15, -0.1) is 0 Å². The number of rotatable bonds is 3. The maximum absolute atomic E-state index is 11.5. The molecule has 2 aromatic rings. The van der Waals surface area contributed by atoms with Gasteiger partial charge in [-0.05, 0) is 51.3 Å². The van der Waals surface area contributed by atoms with Crippen molar-refractivity contribution in [2.45, 2.75) is 0 Å². The van der Waals surface area contributed by atoms with E-state index in [4.69, 9.17) is 9.47 Å². The molecule has 0 spiro atoms. The molecule has 2 aromatic carbocycles. The number of halogens is 1. The molecule has 0 aliphatic heterocycles. The van der Waals surface area contributed by atoms with Gasteiger partial charge in [0.25, 0.3) is 0 Å². The zero-order valence-electron chi connectivity index (χ0n) is 10.6. The van der Waals surface area contributed by atoms with Crippen LogP contribution in [-0.2, 0) is 4.74 Å². The number of hydrogen-bond donors (Lipinski definition) is 0. The van der Waals surface area contributed by atoms with Crippen LogP contribution in [0.4, 0.5) is 0 Å². The van der Waals surface area contributed by atoms with E-state index in [0.29, 0.717) is 5.56 Å². The van der Waals surface area contributed by atoms with Gasteiger partial charge >= 0.3 is 5.97 Å². The molecule has 0 atom stereocenters. The van der Waals surface area contributed by atoms with Gasteiger partial charge in [0.1, 0.15) is 5.75 Å². The SMILES string of the molecule is COC(=O)c1cccc(-c2ccc(OC)c(Br)c2)c1. The lowest BCUT2D eigenvalue weighted by molar-refractivity contribution is 0.0601. The molecular weight excluding hydrogens is 308 g/mol. The van der Waals surface area contributed by atoms with Crippen molar-refractivity contribution in [2.24, 2.45) is 0 Å². The summed E-state index contributed by atoms with van der Waals surface area (Å²) in [5.74, 6) is 0.433. The second-order valence-electron chi connectivity index (χ2n) is 3.92. The average Bonchev–Trinajstić information content (AvgIpc) is 2.46. The fraction of sp³-hybridized carbons (Fsp3) is 0.133. The van der Waals surface area contributed by atoms with E-state index in [2.05, 4.69) is 15.9 Å². The van der Waals surface area contributed by atoms with Crippen molar-refractivity contribution in [1.29, 1.82) is 0 Å². The Hall–Kier alpha value is -1.81. The molecule has 0 aliphatic carbocycles. The normalized spacial score (nSPS) is 10.1. The summed E-state index contributed by atoms with van der Waals surface area (Å²) in [7, 11) is 3.00. The minimum atomic E-state index is -0.338. The number of methoxy groups -OCH3 is 2. The van der Waals surface area contributed by atoms with Crippen LogP contribution in [0, 0.1) is 0 Å². The van der Waals surface area contributed by atoms with Crippen LogP contribution >= 0.6 is 15.9 Å². The summed E-state index contributed by atoms with van der Waals surface area (Å²) in [5.41, 5.74) is 2.48. The van der Waals surface area contributed by atoms with Crippen LogP contribution in [0.15, 0.2) is 46.9 Å². The standard InChI is InChI=1S/C15H13BrO3/c1-18-14-7-6-11(9-13(14)16)10-4-3-5-12(8-10)15(17)19-2/h3-9H,1-2H3. The Bertz CT molecular complexity index is 608. The molecule has 0 saturated heterocycles. The van der Waals surface area contributed by atoms with Crippen LogP contribution in [0.25, 0.3) is 11.1 Å². The number of ether oxygens (including phenoxy) is 2. The molecule has 0 aliphatic rings. The maximum Gasteiger partial charge on any atom is 0.337 e. The van der Waals surface area contributed by atoms with Gasteiger partial charge in [-0.2, -0.15) is 0 Å². The van der Waals surface area contributed by atoms with E-state index in [1.165, 1.54) is 7.11 Å². The van der Waals surface area contributed by atoms with E-state index in [0.717, 1.165) is 21.3 Å². The summed E-state index contributed by atoms with van der Waals surface area (Å²) in [4.78, 5) is 11.5. The molecule has 98 valence electrons. The van der Waals surface area contributed by atoms with Gasteiger partial charge in [0.2, 0.25) is 0 Å². The fourth-order valence-electron chi connectivity index (χ4n) is 1.79. The van der Waals surface area contributed by atoms with Crippen molar-refractivity contribution >= 4 is 21.9 Å². The van der Waals surface area contributed by atoms with Gasteiger partial charge in [-0.25, -0.2) is 4.79 Å². The lowest BCUT2D eigenvalue weighted by atomic mass is 10.0. The first-order valence-electron chi connectivity index (χ1n) is 5.68. The Balaban J connectivity index is 2.41. The lowest BCUT2D eigenvalue weighted by Crippen LogP contribution is -2.00. The number of hydrogen-bond acceptors (Lipinski definition) is 3. The average molecular weight is 321 g/mol. The molecule has 4 heteroatoms. The second-order valence-corrected chi connectivity index (χ2v) is 4.78. The molecule has 0 amide bonds. The number of benzene rings is 2. The zero-order valence-corrected chi connectivity index (χ0v) is 12.2. The van der Waals surface area contributed by atoms with Crippen molar-refractivity contribution < 1.29 is 14.3 Å². The first-order valence-corrected chi connectivity index (χ1v) is 6.47. The molecule has 0 bridgehead atoms. The first kappa shape index (κ1) is 13.6. The maximum atomic E-state index is 11.5. The highest BCUT2D eigenvalue weighted by Gasteiger charge is 2.08. The molecule has 0 radical (unpaired) electrons. The van der Waals surface area contributed by atoms with Crippen molar-refractivity contribution in [3.05, 3.63) is 52.5 Å². The smallest absolute Gasteiger partial charge is 0.337 e. The molecular formula is C15H13BrO3. The number of carbonyl (C=O) groups is 1. The third kappa shape index (κ3) is 2.96. The summed E-state index contributed by atoms with van der Waals surface area (Å²) in [6.45, 7) is 0. The predicted molar refractivity (Wildman–Crippen MR) is 77.5 cm³/mol. The van der Waals surface area contributed by atoms with E-state index in [-0.39, 0.29) is 5.97 Å². The number of carbonyl (C=O) groups excluding carboxylic acids is 1. The van der Waals surface area contributed by atoms with E-state index in [1.54, 1.807) is 19.2 Å². The first-order chi connectivity index (χ1) is 9.15. The molecule has 0 heterocycles. The van der Waals surface area contributed by atoms with Crippen molar-refractivity contribution in [2.75, 3.05) is 14.2 Å². The van der Waals surface area contributed by atoms with Crippen LogP contribution in [0.5, 0.6) is 5.75 Å². The fourth-order valence-corrected chi connectivity index (χ4v) is 2.33. The largest absolute Gasteiger partial charge is 0.496 e. The Labute approximate surface area is 120 Å². The molecule has 0 unspecified atom stereocenters. The lowest BCUT2D eigenvalue weighted by Gasteiger charge is -2.07. The predicted octanol–water partition coefficient (Wildman–Crippen LogP) is 3.91. The van der Waals surface area contributed by atoms with Gasteiger partial charge < -0.3 is 9.47 Å². The van der Waals surface area contributed by atoms with Crippen molar-refractivity contribution in [3.63, 3.8) is 0 Å². The highest BCUT2D eigenvalue weighted by atomic mass is 79.9. The van der Waals surface area contributed by atoms with Crippen LogP contribution in [-0.4, -0.2) is 20.2 Å². The molecule has 0 fully saturated rings. The molecule has 3 nitrogen and oxygen atoms in total.